The van der Waals surface area contributed by atoms with Crippen LogP contribution in [-0.2, 0) is 9.53 Å². The van der Waals surface area contributed by atoms with Crippen molar-refractivity contribution in [3.8, 4) is 11.5 Å². The zero-order valence-electron chi connectivity index (χ0n) is 15.5. The summed E-state index contributed by atoms with van der Waals surface area (Å²) >= 11 is 0. The standard InChI is InChI=1S/C20H22N2O5/c1-4-26-19(23)13-27-18-11-15(8-9-17(18)25-3)12-21-22-20(24)16-7-5-6-14(2)10-16/h5-12H,4,13H2,1-3H3,(H,22,24)/b21-12+. The van der Waals surface area contributed by atoms with Gasteiger partial charge in [-0.1, -0.05) is 17.7 Å². The van der Waals surface area contributed by atoms with Gasteiger partial charge in [0.15, 0.2) is 18.1 Å². The highest BCUT2D eigenvalue weighted by atomic mass is 16.6. The molecule has 0 fully saturated rings. The monoisotopic (exact) mass is 370 g/mol. The molecule has 27 heavy (non-hydrogen) atoms. The first kappa shape index (κ1) is 20.0. The summed E-state index contributed by atoms with van der Waals surface area (Å²) in [5.74, 6) is 0.0750. The highest BCUT2D eigenvalue weighted by Gasteiger charge is 2.09. The van der Waals surface area contributed by atoms with Crippen molar-refractivity contribution in [1.82, 2.24) is 5.43 Å². The van der Waals surface area contributed by atoms with Crippen molar-refractivity contribution in [2.45, 2.75) is 13.8 Å². The van der Waals surface area contributed by atoms with Crippen molar-refractivity contribution in [3.63, 3.8) is 0 Å². The van der Waals surface area contributed by atoms with E-state index >= 15 is 0 Å². The summed E-state index contributed by atoms with van der Waals surface area (Å²) in [6.45, 7) is 3.69. The zero-order chi connectivity index (χ0) is 19.6. The maximum Gasteiger partial charge on any atom is 0.344 e. The number of carbonyl (C=O) groups excluding carboxylic acids is 2. The SMILES string of the molecule is CCOC(=O)COc1cc(/C=N/NC(=O)c2cccc(C)c2)ccc1OC. The molecule has 0 aliphatic rings. The van der Waals surface area contributed by atoms with Crippen LogP contribution in [0.1, 0.15) is 28.4 Å². The van der Waals surface area contributed by atoms with Gasteiger partial charge in [0.05, 0.1) is 19.9 Å². The first-order chi connectivity index (χ1) is 13.0. The second kappa shape index (κ2) is 9.96. The van der Waals surface area contributed by atoms with Crippen LogP contribution in [-0.4, -0.2) is 38.4 Å². The van der Waals surface area contributed by atoms with Crippen LogP contribution in [0.2, 0.25) is 0 Å². The predicted octanol–water partition coefficient (Wildman–Crippen LogP) is 2.71. The molecule has 0 spiro atoms. The quantitative estimate of drug-likeness (QED) is 0.439. The van der Waals surface area contributed by atoms with Crippen LogP contribution in [0.15, 0.2) is 47.6 Å². The molecule has 7 nitrogen and oxygen atoms in total. The van der Waals surface area contributed by atoms with E-state index in [1.54, 1.807) is 37.3 Å². The Hall–Kier alpha value is -3.35. The Morgan fingerprint density at radius 1 is 1.15 bits per heavy atom. The summed E-state index contributed by atoms with van der Waals surface area (Å²) in [7, 11) is 1.50. The van der Waals surface area contributed by atoms with Gasteiger partial charge in [0.2, 0.25) is 0 Å². The van der Waals surface area contributed by atoms with Crippen molar-refractivity contribution >= 4 is 18.1 Å². The van der Waals surface area contributed by atoms with Gasteiger partial charge < -0.3 is 14.2 Å². The minimum atomic E-state index is -0.468. The molecule has 0 atom stereocenters. The maximum absolute atomic E-state index is 12.1. The van der Waals surface area contributed by atoms with Gasteiger partial charge in [-0.3, -0.25) is 4.79 Å². The number of ether oxygens (including phenoxy) is 3. The largest absolute Gasteiger partial charge is 0.493 e. The van der Waals surface area contributed by atoms with Gasteiger partial charge in [-0.2, -0.15) is 5.10 Å². The van der Waals surface area contributed by atoms with Crippen LogP contribution in [0.25, 0.3) is 0 Å². The van der Waals surface area contributed by atoms with E-state index in [9.17, 15) is 9.59 Å². The first-order valence-electron chi connectivity index (χ1n) is 8.40. The third-order valence-corrected chi connectivity index (χ3v) is 3.50. The lowest BCUT2D eigenvalue weighted by atomic mass is 10.1. The molecule has 0 aliphatic carbocycles. The van der Waals surface area contributed by atoms with Crippen LogP contribution >= 0.6 is 0 Å². The van der Waals surface area contributed by atoms with E-state index in [2.05, 4.69) is 10.5 Å². The number of aryl methyl sites for hydroxylation is 1. The predicted molar refractivity (Wildman–Crippen MR) is 101 cm³/mol. The molecule has 2 rings (SSSR count). The molecule has 0 aliphatic heterocycles. The van der Waals surface area contributed by atoms with Crippen LogP contribution in [0.3, 0.4) is 0 Å². The maximum atomic E-state index is 12.1. The molecule has 0 saturated carbocycles. The molecular formula is C20H22N2O5. The third kappa shape index (κ3) is 6.14. The lowest BCUT2D eigenvalue weighted by Gasteiger charge is -2.10. The van der Waals surface area contributed by atoms with E-state index in [-0.39, 0.29) is 19.1 Å². The molecule has 2 aromatic carbocycles. The molecule has 7 heteroatoms. The van der Waals surface area contributed by atoms with E-state index in [4.69, 9.17) is 14.2 Å². The van der Waals surface area contributed by atoms with E-state index in [1.165, 1.54) is 13.3 Å². The van der Waals surface area contributed by atoms with Crippen LogP contribution in [0.4, 0.5) is 0 Å². The smallest absolute Gasteiger partial charge is 0.344 e. The highest BCUT2D eigenvalue weighted by Crippen LogP contribution is 2.27. The molecular weight excluding hydrogens is 348 g/mol. The summed E-state index contributed by atoms with van der Waals surface area (Å²) in [6.07, 6.45) is 1.48. The van der Waals surface area contributed by atoms with Gasteiger partial charge in [-0.05, 0) is 49.7 Å². The molecule has 0 heterocycles. The summed E-state index contributed by atoms with van der Waals surface area (Å²) in [6, 6.07) is 12.3. The van der Waals surface area contributed by atoms with Gasteiger partial charge in [0.1, 0.15) is 0 Å². The van der Waals surface area contributed by atoms with Crippen LogP contribution in [0.5, 0.6) is 11.5 Å². The number of hydrogen-bond acceptors (Lipinski definition) is 6. The van der Waals surface area contributed by atoms with Crippen LogP contribution < -0.4 is 14.9 Å². The molecule has 0 unspecified atom stereocenters. The Balaban J connectivity index is 2.03. The van der Waals surface area contributed by atoms with Gasteiger partial charge in [0, 0.05) is 5.56 Å². The number of hydrazone groups is 1. The minimum Gasteiger partial charge on any atom is -0.493 e. The van der Waals surface area contributed by atoms with Gasteiger partial charge in [-0.25, -0.2) is 10.2 Å². The van der Waals surface area contributed by atoms with Crippen LogP contribution in [0, 0.1) is 6.92 Å². The number of rotatable bonds is 8. The van der Waals surface area contributed by atoms with E-state index < -0.39 is 5.97 Å². The number of methoxy groups -OCH3 is 1. The highest BCUT2D eigenvalue weighted by molar-refractivity contribution is 5.95. The normalized spacial score (nSPS) is 10.5. The number of benzene rings is 2. The average molecular weight is 370 g/mol. The Kier molecular flexibility index (Phi) is 7.37. The molecule has 0 radical (unpaired) electrons. The Morgan fingerprint density at radius 3 is 2.67 bits per heavy atom. The number of amides is 1. The summed E-state index contributed by atoms with van der Waals surface area (Å²) in [5.41, 5.74) is 4.66. The fourth-order valence-electron chi connectivity index (χ4n) is 2.24. The van der Waals surface area contributed by atoms with Gasteiger partial charge >= 0.3 is 5.97 Å². The second-order valence-electron chi connectivity index (χ2n) is 5.57. The van der Waals surface area contributed by atoms with Gasteiger partial charge in [-0.15, -0.1) is 0 Å². The molecule has 0 saturated heterocycles. The first-order valence-corrected chi connectivity index (χ1v) is 8.40. The molecule has 0 aromatic heterocycles. The van der Waals surface area contributed by atoms with E-state index in [0.29, 0.717) is 22.6 Å². The minimum absolute atomic E-state index is 0.227. The second-order valence-corrected chi connectivity index (χ2v) is 5.57. The molecule has 142 valence electrons. The zero-order valence-corrected chi connectivity index (χ0v) is 15.5. The fourth-order valence-corrected chi connectivity index (χ4v) is 2.24. The van der Waals surface area contributed by atoms with E-state index in [1.807, 2.05) is 19.1 Å². The summed E-state index contributed by atoms with van der Waals surface area (Å²) < 4.78 is 15.5. The summed E-state index contributed by atoms with van der Waals surface area (Å²) in [4.78, 5) is 23.5. The Morgan fingerprint density at radius 2 is 1.96 bits per heavy atom. The third-order valence-electron chi connectivity index (χ3n) is 3.50. The Bertz CT molecular complexity index is 833. The number of hydrogen-bond donors (Lipinski definition) is 1. The lowest BCUT2D eigenvalue weighted by Crippen LogP contribution is -2.17. The molecule has 1 amide bonds. The number of esters is 1. The van der Waals surface area contributed by atoms with Crippen molar-refractivity contribution in [1.29, 1.82) is 0 Å². The average Bonchev–Trinajstić information content (AvgIpc) is 2.66. The molecule has 0 bridgehead atoms. The number of nitrogens with zero attached hydrogens (tertiary/aromatic N) is 1. The Labute approximate surface area is 157 Å². The summed E-state index contributed by atoms with van der Waals surface area (Å²) in [5, 5.41) is 3.96. The van der Waals surface area contributed by atoms with Gasteiger partial charge in [0.25, 0.3) is 5.91 Å². The molecule has 1 N–H and O–H groups in total. The molecule has 2 aromatic rings. The van der Waals surface area contributed by atoms with Crippen molar-refractivity contribution < 1.29 is 23.8 Å². The topological polar surface area (TPSA) is 86.2 Å². The van der Waals surface area contributed by atoms with Crippen molar-refractivity contribution in [2.24, 2.45) is 5.10 Å². The van der Waals surface area contributed by atoms with Crippen molar-refractivity contribution in [3.05, 3.63) is 59.2 Å². The number of carbonyl (C=O) groups is 2. The lowest BCUT2D eigenvalue weighted by molar-refractivity contribution is -0.145. The fraction of sp³-hybridized carbons (Fsp3) is 0.250. The number of nitrogens with one attached hydrogen (secondary N) is 1. The van der Waals surface area contributed by atoms with Crippen molar-refractivity contribution in [2.75, 3.05) is 20.3 Å². The van der Waals surface area contributed by atoms with E-state index in [0.717, 1.165) is 5.56 Å².